The van der Waals surface area contributed by atoms with Gasteiger partial charge < -0.3 is 5.73 Å². The highest BCUT2D eigenvalue weighted by Crippen LogP contribution is 2.30. The minimum atomic E-state index is -3.44. The standard InChI is InChI=1S/C12H12FNO2S2/c13-10-5-3-9(4-6-10)11(8-14)18(15,16)12-2-1-7-17-12/h1-7,11H,8,14H2/p+1/t11-/m1/s1. The van der Waals surface area contributed by atoms with Gasteiger partial charge >= 0.3 is 0 Å². The molecule has 0 aliphatic rings. The van der Waals surface area contributed by atoms with Gasteiger partial charge in [-0.3, -0.25) is 0 Å². The molecule has 1 heterocycles. The lowest BCUT2D eigenvalue weighted by Crippen LogP contribution is -2.54. The minimum Gasteiger partial charge on any atom is -0.356 e. The quantitative estimate of drug-likeness (QED) is 0.929. The summed E-state index contributed by atoms with van der Waals surface area (Å²) >= 11 is 1.18. The van der Waals surface area contributed by atoms with Gasteiger partial charge in [-0.25, -0.2) is 12.8 Å². The average molecular weight is 286 g/mol. The molecule has 0 radical (unpaired) electrons. The molecular weight excluding hydrogens is 273 g/mol. The number of rotatable bonds is 4. The van der Waals surface area contributed by atoms with Gasteiger partial charge in [-0.15, -0.1) is 11.3 Å². The van der Waals surface area contributed by atoms with Gasteiger partial charge in [-0.1, -0.05) is 18.2 Å². The lowest BCUT2D eigenvalue weighted by molar-refractivity contribution is -0.367. The molecular formula is C12H13FNO2S2+. The summed E-state index contributed by atoms with van der Waals surface area (Å²) in [6, 6.07) is 8.80. The van der Waals surface area contributed by atoms with Gasteiger partial charge in [0.05, 0.1) is 6.54 Å². The summed E-state index contributed by atoms with van der Waals surface area (Å²) in [6.07, 6.45) is 0. The molecule has 0 aliphatic heterocycles. The molecule has 1 atom stereocenters. The van der Waals surface area contributed by atoms with E-state index in [1.807, 2.05) is 0 Å². The van der Waals surface area contributed by atoms with Gasteiger partial charge in [-0.05, 0) is 29.1 Å². The molecule has 0 unspecified atom stereocenters. The molecule has 0 fully saturated rings. The van der Waals surface area contributed by atoms with Crippen LogP contribution in [-0.2, 0) is 9.84 Å². The largest absolute Gasteiger partial charge is 0.356 e. The van der Waals surface area contributed by atoms with E-state index < -0.39 is 15.1 Å². The molecule has 0 saturated carbocycles. The van der Waals surface area contributed by atoms with E-state index >= 15 is 0 Å². The Kier molecular flexibility index (Phi) is 3.79. The Labute approximate surface area is 109 Å². The average Bonchev–Trinajstić information content (AvgIpc) is 2.86. The van der Waals surface area contributed by atoms with E-state index in [0.29, 0.717) is 9.77 Å². The number of hydrogen-bond donors (Lipinski definition) is 1. The zero-order chi connectivity index (χ0) is 13.2. The van der Waals surface area contributed by atoms with Crippen LogP contribution in [0.4, 0.5) is 4.39 Å². The van der Waals surface area contributed by atoms with Crippen molar-refractivity contribution in [2.75, 3.05) is 6.54 Å². The first-order valence-corrected chi connectivity index (χ1v) is 7.80. The summed E-state index contributed by atoms with van der Waals surface area (Å²) < 4.78 is 38.0. The van der Waals surface area contributed by atoms with Crippen LogP contribution in [0.1, 0.15) is 10.8 Å². The number of thiophene rings is 1. The van der Waals surface area contributed by atoms with Crippen molar-refractivity contribution in [3.63, 3.8) is 0 Å². The Balaban J connectivity index is 2.43. The number of quaternary nitrogens is 1. The van der Waals surface area contributed by atoms with Crippen LogP contribution in [0.2, 0.25) is 0 Å². The van der Waals surface area contributed by atoms with E-state index in [1.54, 1.807) is 17.5 Å². The summed E-state index contributed by atoms with van der Waals surface area (Å²) in [6.45, 7) is 0.214. The van der Waals surface area contributed by atoms with Crippen LogP contribution in [0, 0.1) is 5.82 Å². The highest BCUT2D eigenvalue weighted by atomic mass is 32.2. The number of hydrogen-bond acceptors (Lipinski definition) is 3. The molecule has 1 aromatic heterocycles. The Morgan fingerprint density at radius 3 is 2.39 bits per heavy atom. The summed E-state index contributed by atoms with van der Waals surface area (Å²) in [5.74, 6) is -0.380. The van der Waals surface area contributed by atoms with E-state index in [1.165, 1.54) is 35.6 Å². The van der Waals surface area contributed by atoms with Crippen molar-refractivity contribution in [3.05, 3.63) is 53.2 Å². The minimum absolute atomic E-state index is 0.214. The maximum Gasteiger partial charge on any atom is 0.200 e. The summed E-state index contributed by atoms with van der Waals surface area (Å²) in [5, 5.41) is 0.995. The van der Waals surface area contributed by atoms with Gasteiger partial charge in [0.1, 0.15) is 15.3 Å². The molecule has 0 spiro atoms. The van der Waals surface area contributed by atoms with Crippen LogP contribution in [-0.4, -0.2) is 15.0 Å². The first kappa shape index (κ1) is 13.2. The van der Waals surface area contributed by atoms with Gasteiger partial charge in [0, 0.05) is 0 Å². The summed E-state index contributed by atoms with van der Waals surface area (Å²) in [5.41, 5.74) is 4.26. The van der Waals surface area contributed by atoms with Crippen molar-refractivity contribution in [1.82, 2.24) is 0 Å². The molecule has 6 heteroatoms. The molecule has 18 heavy (non-hydrogen) atoms. The van der Waals surface area contributed by atoms with Crippen molar-refractivity contribution in [3.8, 4) is 0 Å². The second kappa shape index (κ2) is 5.17. The second-order valence-electron chi connectivity index (χ2n) is 3.81. The van der Waals surface area contributed by atoms with Crippen LogP contribution in [0.3, 0.4) is 0 Å². The van der Waals surface area contributed by atoms with Crippen LogP contribution in [0.15, 0.2) is 46.0 Å². The lowest BCUT2D eigenvalue weighted by atomic mass is 10.1. The van der Waals surface area contributed by atoms with Crippen molar-refractivity contribution >= 4 is 21.2 Å². The normalized spacial score (nSPS) is 13.4. The Hall–Kier alpha value is -1.24. The van der Waals surface area contributed by atoms with Crippen LogP contribution in [0.25, 0.3) is 0 Å². The zero-order valence-corrected chi connectivity index (χ0v) is 11.2. The van der Waals surface area contributed by atoms with Gasteiger partial charge in [0.15, 0.2) is 9.84 Å². The molecule has 0 bridgehead atoms. The molecule has 0 saturated heterocycles. The molecule has 2 aromatic rings. The number of benzene rings is 1. The Bertz CT molecular complexity index is 606. The smallest absolute Gasteiger partial charge is 0.200 e. The third-order valence-electron chi connectivity index (χ3n) is 2.65. The van der Waals surface area contributed by atoms with Gasteiger partial charge in [-0.2, -0.15) is 0 Å². The molecule has 3 N–H and O–H groups in total. The molecule has 96 valence electrons. The topological polar surface area (TPSA) is 61.8 Å². The summed E-state index contributed by atoms with van der Waals surface area (Å²) in [7, 11) is -3.44. The predicted octanol–water partition coefficient (Wildman–Crippen LogP) is 1.64. The van der Waals surface area contributed by atoms with Crippen molar-refractivity contribution in [2.45, 2.75) is 9.46 Å². The van der Waals surface area contributed by atoms with E-state index in [2.05, 4.69) is 5.73 Å². The lowest BCUT2D eigenvalue weighted by Gasteiger charge is -2.13. The zero-order valence-electron chi connectivity index (χ0n) is 9.54. The van der Waals surface area contributed by atoms with E-state index in [9.17, 15) is 12.8 Å². The Morgan fingerprint density at radius 2 is 1.89 bits per heavy atom. The Morgan fingerprint density at radius 1 is 1.22 bits per heavy atom. The fraction of sp³-hybridized carbons (Fsp3) is 0.167. The SMILES string of the molecule is [NH3+]C[C@H](c1ccc(F)cc1)S(=O)(=O)c1cccs1. The molecule has 3 nitrogen and oxygen atoms in total. The second-order valence-corrected chi connectivity index (χ2v) is 7.11. The fourth-order valence-electron chi connectivity index (χ4n) is 1.74. The van der Waals surface area contributed by atoms with E-state index in [4.69, 9.17) is 0 Å². The van der Waals surface area contributed by atoms with Gasteiger partial charge in [0.25, 0.3) is 0 Å². The van der Waals surface area contributed by atoms with Crippen LogP contribution in [0.5, 0.6) is 0 Å². The maximum absolute atomic E-state index is 12.9. The first-order chi connectivity index (χ1) is 8.55. The number of halogens is 1. The number of sulfone groups is 1. The van der Waals surface area contributed by atoms with Crippen molar-refractivity contribution in [2.24, 2.45) is 0 Å². The van der Waals surface area contributed by atoms with Crippen LogP contribution >= 0.6 is 11.3 Å². The molecule has 0 amide bonds. The van der Waals surface area contributed by atoms with Gasteiger partial charge in [0.2, 0.25) is 0 Å². The fourth-order valence-corrected chi connectivity index (χ4v) is 4.62. The molecule has 0 aliphatic carbocycles. The van der Waals surface area contributed by atoms with Crippen molar-refractivity contribution in [1.29, 1.82) is 0 Å². The first-order valence-electron chi connectivity index (χ1n) is 5.38. The third kappa shape index (κ3) is 2.45. The van der Waals surface area contributed by atoms with E-state index in [0.717, 1.165) is 0 Å². The predicted molar refractivity (Wildman–Crippen MR) is 68.4 cm³/mol. The van der Waals surface area contributed by atoms with Crippen molar-refractivity contribution < 1.29 is 18.5 Å². The highest BCUT2D eigenvalue weighted by Gasteiger charge is 2.30. The van der Waals surface area contributed by atoms with E-state index in [-0.39, 0.29) is 12.4 Å². The highest BCUT2D eigenvalue weighted by molar-refractivity contribution is 7.93. The maximum atomic E-state index is 12.9. The molecule has 1 aromatic carbocycles. The third-order valence-corrected chi connectivity index (χ3v) is 6.26. The summed E-state index contributed by atoms with van der Waals surface area (Å²) in [4.78, 5) is 0. The monoisotopic (exact) mass is 286 g/mol. The molecule has 2 rings (SSSR count). The van der Waals surface area contributed by atoms with Crippen LogP contribution < -0.4 is 5.73 Å².